The van der Waals surface area contributed by atoms with Crippen LogP contribution in [0.25, 0.3) is 0 Å². The minimum absolute atomic E-state index is 0.151. The summed E-state index contributed by atoms with van der Waals surface area (Å²) < 4.78 is 51.1. The fraction of sp³-hybridized carbons (Fsp3) is 0.267. The molecule has 0 saturated carbocycles. The van der Waals surface area contributed by atoms with E-state index in [1.807, 2.05) is 13.8 Å². The van der Waals surface area contributed by atoms with Crippen LogP contribution in [0.15, 0.2) is 36.5 Å². The molecule has 3 nitrogen and oxygen atoms in total. The van der Waals surface area contributed by atoms with E-state index < -0.39 is 17.6 Å². The number of alkyl halides is 3. The highest BCUT2D eigenvalue weighted by molar-refractivity contribution is 5.39. The van der Waals surface area contributed by atoms with Gasteiger partial charge in [0.2, 0.25) is 0 Å². The van der Waals surface area contributed by atoms with Crippen molar-refractivity contribution in [3.63, 3.8) is 0 Å². The van der Waals surface area contributed by atoms with Crippen LogP contribution in [0, 0.1) is 5.82 Å². The molecule has 0 atom stereocenters. The zero-order valence-electron chi connectivity index (χ0n) is 12.2. The molecule has 0 saturated heterocycles. The minimum Gasteiger partial charge on any atom is -0.308 e. The maximum absolute atomic E-state index is 13.3. The number of nitrogen functional groups attached to an aromatic ring is 1. The predicted octanol–water partition coefficient (Wildman–Crippen LogP) is 4.14. The second kappa shape index (κ2) is 7.74. The predicted molar refractivity (Wildman–Crippen MR) is 77.6 cm³/mol. The van der Waals surface area contributed by atoms with Crippen LogP contribution in [0.2, 0.25) is 0 Å². The number of hydrazine groups is 1. The Morgan fingerprint density at radius 3 is 2.36 bits per heavy atom. The molecule has 0 aliphatic heterocycles. The number of benzene rings is 1. The van der Waals surface area contributed by atoms with Crippen molar-refractivity contribution in [2.24, 2.45) is 5.84 Å². The fourth-order valence-corrected chi connectivity index (χ4v) is 1.82. The first kappa shape index (κ1) is 17.9. The third-order valence-corrected chi connectivity index (χ3v) is 2.67. The second-order valence-corrected chi connectivity index (χ2v) is 4.22. The smallest absolute Gasteiger partial charge is 0.308 e. The van der Waals surface area contributed by atoms with E-state index in [1.54, 1.807) is 12.1 Å². The van der Waals surface area contributed by atoms with Crippen LogP contribution in [0.5, 0.6) is 0 Å². The molecule has 120 valence electrons. The maximum atomic E-state index is 13.3. The quantitative estimate of drug-likeness (QED) is 0.508. The Hall–Kier alpha value is -2.15. The molecule has 1 aromatic carbocycles. The SMILES string of the molecule is CC.NNc1cc(Cc2cc(F)cc(C(F)(F)F)c2)ccn1. The number of anilines is 1. The van der Waals surface area contributed by atoms with Crippen molar-refractivity contribution < 1.29 is 17.6 Å². The topological polar surface area (TPSA) is 50.9 Å². The Morgan fingerprint density at radius 2 is 1.77 bits per heavy atom. The first-order valence-corrected chi connectivity index (χ1v) is 6.66. The summed E-state index contributed by atoms with van der Waals surface area (Å²) in [5.74, 6) is 4.66. The number of hydrogen-bond donors (Lipinski definition) is 2. The lowest BCUT2D eigenvalue weighted by atomic mass is 10.0. The molecule has 0 radical (unpaired) electrons. The number of aromatic nitrogens is 1. The van der Waals surface area contributed by atoms with Gasteiger partial charge >= 0.3 is 6.18 Å². The van der Waals surface area contributed by atoms with Gasteiger partial charge in [-0.1, -0.05) is 13.8 Å². The zero-order valence-corrected chi connectivity index (χ0v) is 12.2. The van der Waals surface area contributed by atoms with Crippen LogP contribution in [0.1, 0.15) is 30.5 Å². The van der Waals surface area contributed by atoms with Crippen LogP contribution in [0.4, 0.5) is 23.4 Å². The standard InChI is InChI=1S/C13H11F4N3.C2H6/c14-11-5-9(4-10(7-11)13(15,16)17)3-8-1-2-19-12(6-8)20-18;1-2/h1-2,4-7H,3,18H2,(H,19,20);1-2H3. The summed E-state index contributed by atoms with van der Waals surface area (Å²) in [7, 11) is 0. The molecule has 3 N–H and O–H groups in total. The van der Waals surface area contributed by atoms with Gasteiger partial charge in [0.1, 0.15) is 11.6 Å². The minimum atomic E-state index is -4.57. The van der Waals surface area contributed by atoms with E-state index in [4.69, 9.17) is 5.84 Å². The highest BCUT2D eigenvalue weighted by atomic mass is 19.4. The van der Waals surface area contributed by atoms with Gasteiger partial charge in [-0.05, 0) is 47.9 Å². The van der Waals surface area contributed by atoms with Gasteiger partial charge in [-0.2, -0.15) is 13.2 Å². The van der Waals surface area contributed by atoms with E-state index >= 15 is 0 Å². The molecule has 0 bridgehead atoms. The first-order valence-electron chi connectivity index (χ1n) is 6.66. The molecule has 7 heteroatoms. The number of halogens is 4. The normalized spacial score (nSPS) is 10.7. The van der Waals surface area contributed by atoms with E-state index in [0.29, 0.717) is 17.4 Å². The fourth-order valence-electron chi connectivity index (χ4n) is 1.82. The first-order chi connectivity index (χ1) is 10.4. The highest BCUT2D eigenvalue weighted by Gasteiger charge is 2.31. The van der Waals surface area contributed by atoms with Crippen molar-refractivity contribution in [3.8, 4) is 0 Å². The van der Waals surface area contributed by atoms with Crippen LogP contribution in [-0.4, -0.2) is 4.98 Å². The Morgan fingerprint density at radius 1 is 1.09 bits per heavy atom. The Bertz CT molecular complexity index is 612. The average Bonchev–Trinajstić information content (AvgIpc) is 2.48. The summed E-state index contributed by atoms with van der Waals surface area (Å²) in [5, 5.41) is 0. The summed E-state index contributed by atoms with van der Waals surface area (Å²) in [6.45, 7) is 4.00. The van der Waals surface area contributed by atoms with Gasteiger partial charge in [-0.3, -0.25) is 0 Å². The number of rotatable bonds is 3. The average molecular weight is 315 g/mol. The molecule has 1 heterocycles. The zero-order chi connectivity index (χ0) is 16.8. The summed E-state index contributed by atoms with van der Waals surface area (Å²) in [5.41, 5.74) is 2.23. The van der Waals surface area contributed by atoms with Gasteiger partial charge in [0.05, 0.1) is 5.56 Å². The van der Waals surface area contributed by atoms with Gasteiger partial charge in [0.15, 0.2) is 0 Å². The molecule has 0 aliphatic carbocycles. The molecule has 0 spiro atoms. The number of pyridine rings is 1. The van der Waals surface area contributed by atoms with Crippen molar-refractivity contribution in [2.45, 2.75) is 26.4 Å². The Labute approximate surface area is 126 Å². The Kier molecular flexibility index (Phi) is 6.30. The molecule has 2 aromatic rings. The van der Waals surface area contributed by atoms with Gasteiger partial charge in [-0.15, -0.1) is 0 Å². The van der Waals surface area contributed by atoms with Crippen molar-refractivity contribution >= 4 is 5.82 Å². The van der Waals surface area contributed by atoms with Crippen LogP contribution >= 0.6 is 0 Å². The van der Waals surface area contributed by atoms with E-state index in [0.717, 1.165) is 12.1 Å². The molecule has 0 amide bonds. The third kappa shape index (κ3) is 5.00. The molecular weight excluding hydrogens is 298 g/mol. The number of nitrogens with two attached hydrogens (primary N) is 1. The monoisotopic (exact) mass is 315 g/mol. The number of nitrogens with zero attached hydrogens (tertiary/aromatic N) is 1. The molecule has 2 rings (SSSR count). The molecular formula is C15H17F4N3. The summed E-state index contributed by atoms with van der Waals surface area (Å²) in [6, 6.07) is 5.68. The molecule has 0 unspecified atom stereocenters. The van der Waals surface area contributed by atoms with E-state index in [9.17, 15) is 17.6 Å². The third-order valence-electron chi connectivity index (χ3n) is 2.67. The molecule has 22 heavy (non-hydrogen) atoms. The lowest BCUT2D eigenvalue weighted by Gasteiger charge is -2.10. The van der Waals surface area contributed by atoms with Crippen molar-refractivity contribution in [1.82, 2.24) is 4.98 Å². The van der Waals surface area contributed by atoms with Crippen LogP contribution < -0.4 is 11.3 Å². The summed E-state index contributed by atoms with van der Waals surface area (Å²) >= 11 is 0. The van der Waals surface area contributed by atoms with Crippen molar-refractivity contribution in [2.75, 3.05) is 5.43 Å². The largest absolute Gasteiger partial charge is 0.416 e. The van der Waals surface area contributed by atoms with E-state index in [1.165, 1.54) is 6.20 Å². The van der Waals surface area contributed by atoms with E-state index in [2.05, 4.69) is 10.4 Å². The Balaban J connectivity index is 0.00000116. The van der Waals surface area contributed by atoms with Crippen molar-refractivity contribution in [3.05, 3.63) is 59.0 Å². The molecule has 1 aromatic heterocycles. The lowest BCUT2D eigenvalue weighted by Crippen LogP contribution is -2.09. The molecule has 0 aliphatic rings. The van der Waals surface area contributed by atoms with Crippen molar-refractivity contribution in [1.29, 1.82) is 0 Å². The van der Waals surface area contributed by atoms with Gasteiger partial charge < -0.3 is 5.43 Å². The second-order valence-electron chi connectivity index (χ2n) is 4.22. The van der Waals surface area contributed by atoms with E-state index in [-0.39, 0.29) is 12.0 Å². The van der Waals surface area contributed by atoms with Gasteiger partial charge in [-0.25, -0.2) is 15.2 Å². The van der Waals surface area contributed by atoms with Crippen LogP contribution in [-0.2, 0) is 12.6 Å². The summed E-state index contributed by atoms with van der Waals surface area (Å²) in [6.07, 6.45) is -2.95. The maximum Gasteiger partial charge on any atom is 0.416 e. The van der Waals surface area contributed by atoms with Gasteiger partial charge in [0, 0.05) is 6.20 Å². The molecule has 0 fully saturated rings. The summed E-state index contributed by atoms with van der Waals surface area (Å²) in [4.78, 5) is 3.88. The van der Waals surface area contributed by atoms with Gasteiger partial charge in [0.25, 0.3) is 0 Å². The van der Waals surface area contributed by atoms with Crippen LogP contribution in [0.3, 0.4) is 0 Å². The number of hydrogen-bond acceptors (Lipinski definition) is 3. The highest BCUT2D eigenvalue weighted by Crippen LogP contribution is 2.30. The number of nitrogens with one attached hydrogen (secondary N) is 1. The lowest BCUT2D eigenvalue weighted by molar-refractivity contribution is -0.137.